The number of nitrogens with zero attached hydrogens (tertiary/aromatic N) is 1. The molecule has 1 aromatic carbocycles. The van der Waals surface area contributed by atoms with Crippen LogP contribution in [0.25, 0.3) is 0 Å². The molecule has 1 N–H and O–H groups in total. The SMILES string of the molecule is COc1ccc(CNC(=O)CC[C@H]2CCCN(C(=O)C3=CCCC3)C2)c(OC)c1. The fourth-order valence-corrected chi connectivity index (χ4v) is 4.17. The van der Waals surface area contributed by atoms with Crippen molar-refractivity contribution < 1.29 is 19.1 Å². The van der Waals surface area contributed by atoms with Gasteiger partial charge < -0.3 is 19.7 Å². The molecule has 1 aromatic rings. The van der Waals surface area contributed by atoms with E-state index in [4.69, 9.17) is 9.47 Å². The third-order valence-electron chi connectivity index (χ3n) is 5.87. The summed E-state index contributed by atoms with van der Waals surface area (Å²) in [6.07, 6.45) is 8.53. The summed E-state index contributed by atoms with van der Waals surface area (Å²) < 4.78 is 10.6. The van der Waals surface area contributed by atoms with Crippen LogP contribution < -0.4 is 14.8 Å². The second kappa shape index (κ2) is 10.3. The summed E-state index contributed by atoms with van der Waals surface area (Å²) in [6, 6.07) is 5.58. The number of hydrogen-bond donors (Lipinski definition) is 1. The van der Waals surface area contributed by atoms with Crippen LogP contribution in [-0.2, 0) is 16.1 Å². The summed E-state index contributed by atoms with van der Waals surface area (Å²) in [5.74, 6) is 2.07. The number of benzene rings is 1. The van der Waals surface area contributed by atoms with E-state index < -0.39 is 0 Å². The van der Waals surface area contributed by atoms with Gasteiger partial charge in [0.1, 0.15) is 11.5 Å². The van der Waals surface area contributed by atoms with Crippen LogP contribution in [0, 0.1) is 5.92 Å². The zero-order valence-electron chi connectivity index (χ0n) is 17.5. The summed E-state index contributed by atoms with van der Waals surface area (Å²) >= 11 is 0. The predicted octanol–water partition coefficient (Wildman–Crippen LogP) is 3.45. The largest absolute Gasteiger partial charge is 0.497 e. The molecule has 0 spiro atoms. The lowest BCUT2D eigenvalue weighted by Crippen LogP contribution is -2.40. The van der Waals surface area contributed by atoms with Crippen LogP contribution in [-0.4, -0.2) is 44.0 Å². The standard InChI is InChI=1S/C23H32N2O4/c1-28-20-11-10-19(21(14-20)29-2)15-24-22(26)12-9-17-6-5-13-25(16-17)23(27)18-7-3-4-8-18/h7,10-11,14,17H,3-6,8-9,12-13,15-16H2,1-2H3,(H,24,26)/t17-/m1/s1. The molecule has 1 fully saturated rings. The number of nitrogens with one attached hydrogen (secondary N) is 1. The normalized spacial score (nSPS) is 18.9. The Balaban J connectivity index is 1.44. The monoisotopic (exact) mass is 400 g/mol. The van der Waals surface area contributed by atoms with E-state index in [1.807, 2.05) is 23.1 Å². The van der Waals surface area contributed by atoms with Gasteiger partial charge in [-0.3, -0.25) is 9.59 Å². The fourth-order valence-electron chi connectivity index (χ4n) is 4.17. The number of hydrogen-bond acceptors (Lipinski definition) is 4. The van der Waals surface area contributed by atoms with Crippen molar-refractivity contribution in [3.8, 4) is 11.5 Å². The number of methoxy groups -OCH3 is 2. The zero-order valence-corrected chi connectivity index (χ0v) is 17.5. The number of allylic oxidation sites excluding steroid dienone is 1. The average Bonchev–Trinajstić information content (AvgIpc) is 3.30. The van der Waals surface area contributed by atoms with E-state index >= 15 is 0 Å². The van der Waals surface area contributed by atoms with E-state index in [1.54, 1.807) is 14.2 Å². The van der Waals surface area contributed by atoms with Crippen LogP contribution in [0.2, 0.25) is 0 Å². The number of carbonyl (C=O) groups excluding carboxylic acids is 2. The fraction of sp³-hybridized carbons (Fsp3) is 0.565. The molecule has 1 aliphatic carbocycles. The molecule has 0 saturated carbocycles. The molecule has 1 heterocycles. The van der Waals surface area contributed by atoms with Crippen molar-refractivity contribution in [1.29, 1.82) is 0 Å². The Kier molecular flexibility index (Phi) is 7.55. The molecule has 1 saturated heterocycles. The van der Waals surface area contributed by atoms with Crippen LogP contribution in [0.1, 0.15) is 50.5 Å². The van der Waals surface area contributed by atoms with E-state index in [0.29, 0.717) is 24.6 Å². The number of rotatable bonds is 8. The Morgan fingerprint density at radius 2 is 2.07 bits per heavy atom. The molecule has 0 unspecified atom stereocenters. The molecule has 6 nitrogen and oxygen atoms in total. The maximum absolute atomic E-state index is 12.6. The predicted molar refractivity (Wildman–Crippen MR) is 112 cm³/mol. The highest BCUT2D eigenvalue weighted by atomic mass is 16.5. The van der Waals surface area contributed by atoms with Crippen molar-refractivity contribution >= 4 is 11.8 Å². The van der Waals surface area contributed by atoms with E-state index in [9.17, 15) is 9.59 Å². The molecule has 6 heteroatoms. The highest BCUT2D eigenvalue weighted by Gasteiger charge is 2.26. The van der Waals surface area contributed by atoms with Crippen molar-refractivity contribution in [2.45, 2.75) is 51.5 Å². The minimum Gasteiger partial charge on any atom is -0.497 e. The molecule has 158 valence electrons. The quantitative estimate of drug-likeness (QED) is 0.726. The van der Waals surface area contributed by atoms with Crippen LogP contribution in [0.5, 0.6) is 11.5 Å². The van der Waals surface area contributed by atoms with Crippen molar-refractivity contribution in [2.75, 3.05) is 27.3 Å². The minimum atomic E-state index is 0.0322. The molecule has 3 rings (SSSR count). The van der Waals surface area contributed by atoms with Gasteiger partial charge in [0.25, 0.3) is 0 Å². The van der Waals surface area contributed by atoms with Gasteiger partial charge in [0.2, 0.25) is 11.8 Å². The Morgan fingerprint density at radius 3 is 2.79 bits per heavy atom. The Morgan fingerprint density at radius 1 is 1.21 bits per heavy atom. The molecular formula is C23H32N2O4. The zero-order chi connectivity index (χ0) is 20.6. The molecule has 0 aromatic heterocycles. The van der Waals surface area contributed by atoms with Crippen molar-refractivity contribution in [2.24, 2.45) is 5.92 Å². The number of carbonyl (C=O) groups is 2. The summed E-state index contributed by atoms with van der Waals surface area (Å²) in [7, 11) is 3.22. The molecule has 1 atom stereocenters. The first-order valence-electron chi connectivity index (χ1n) is 10.6. The van der Waals surface area contributed by atoms with Crippen molar-refractivity contribution in [1.82, 2.24) is 10.2 Å². The molecule has 29 heavy (non-hydrogen) atoms. The van der Waals surface area contributed by atoms with Gasteiger partial charge in [-0.15, -0.1) is 0 Å². The smallest absolute Gasteiger partial charge is 0.249 e. The van der Waals surface area contributed by atoms with Gasteiger partial charge in [-0.05, 0) is 56.6 Å². The molecule has 0 bridgehead atoms. The van der Waals surface area contributed by atoms with Gasteiger partial charge >= 0.3 is 0 Å². The van der Waals surface area contributed by atoms with E-state index in [2.05, 4.69) is 11.4 Å². The molecule has 2 aliphatic rings. The first-order valence-corrected chi connectivity index (χ1v) is 10.6. The summed E-state index contributed by atoms with van der Waals surface area (Å²) in [4.78, 5) is 26.9. The second-order valence-corrected chi connectivity index (χ2v) is 7.87. The topological polar surface area (TPSA) is 67.9 Å². The summed E-state index contributed by atoms with van der Waals surface area (Å²) in [5, 5.41) is 2.98. The van der Waals surface area contributed by atoms with Gasteiger partial charge in [0, 0.05) is 43.3 Å². The van der Waals surface area contributed by atoms with Crippen molar-refractivity contribution in [3.63, 3.8) is 0 Å². The minimum absolute atomic E-state index is 0.0322. The van der Waals surface area contributed by atoms with E-state index in [0.717, 1.165) is 68.5 Å². The first-order chi connectivity index (χ1) is 14.1. The summed E-state index contributed by atoms with van der Waals surface area (Å²) in [6.45, 7) is 2.04. The van der Waals surface area contributed by atoms with Crippen LogP contribution in [0.3, 0.4) is 0 Å². The average molecular weight is 401 g/mol. The van der Waals surface area contributed by atoms with Crippen LogP contribution in [0.15, 0.2) is 29.8 Å². The van der Waals surface area contributed by atoms with Gasteiger partial charge in [-0.25, -0.2) is 0 Å². The Labute approximate surface area is 173 Å². The Hall–Kier alpha value is -2.50. The second-order valence-electron chi connectivity index (χ2n) is 7.87. The maximum Gasteiger partial charge on any atom is 0.249 e. The number of piperidine rings is 1. The van der Waals surface area contributed by atoms with Crippen LogP contribution in [0.4, 0.5) is 0 Å². The molecule has 2 amide bonds. The summed E-state index contributed by atoms with van der Waals surface area (Å²) in [5.41, 5.74) is 1.90. The number of amides is 2. The lowest BCUT2D eigenvalue weighted by molar-refractivity contribution is -0.129. The highest BCUT2D eigenvalue weighted by molar-refractivity contribution is 5.93. The van der Waals surface area contributed by atoms with Gasteiger partial charge in [-0.1, -0.05) is 6.08 Å². The van der Waals surface area contributed by atoms with Gasteiger partial charge in [0.15, 0.2) is 0 Å². The molecule has 1 aliphatic heterocycles. The molecule has 0 radical (unpaired) electrons. The van der Waals surface area contributed by atoms with E-state index in [-0.39, 0.29) is 11.8 Å². The van der Waals surface area contributed by atoms with Crippen molar-refractivity contribution in [3.05, 3.63) is 35.4 Å². The first kappa shape index (κ1) is 21.2. The lowest BCUT2D eigenvalue weighted by Gasteiger charge is -2.33. The molecular weight excluding hydrogens is 368 g/mol. The Bertz CT molecular complexity index is 759. The third kappa shape index (κ3) is 5.75. The highest BCUT2D eigenvalue weighted by Crippen LogP contribution is 2.26. The third-order valence-corrected chi connectivity index (χ3v) is 5.87. The van der Waals surface area contributed by atoms with Gasteiger partial charge in [0.05, 0.1) is 14.2 Å². The van der Waals surface area contributed by atoms with E-state index in [1.165, 1.54) is 0 Å². The maximum atomic E-state index is 12.6. The lowest BCUT2D eigenvalue weighted by atomic mass is 9.92. The van der Waals surface area contributed by atoms with Gasteiger partial charge in [-0.2, -0.15) is 0 Å². The number of likely N-dealkylation sites (tertiary alicyclic amines) is 1. The number of ether oxygens (including phenoxy) is 2. The van der Waals surface area contributed by atoms with Crippen LogP contribution >= 0.6 is 0 Å².